The fraction of sp³-hybridized carbons (Fsp3) is 0.300. The lowest BCUT2D eigenvalue weighted by atomic mass is 9.81. The number of aromatic hydroxyl groups is 1. The monoisotopic (exact) mass is 674 g/mol. The Morgan fingerprint density at radius 2 is 1.66 bits per heavy atom. The normalized spacial score (nSPS) is 19.6. The molecule has 3 aliphatic rings. The Labute approximate surface area is 290 Å². The maximum absolute atomic E-state index is 13.0. The number of aliphatic hydroxyl groups is 1. The minimum absolute atomic E-state index is 0.0424. The topological polar surface area (TPSA) is 138 Å². The minimum atomic E-state index is -0.903. The number of ether oxygens (including phenoxy) is 1. The first kappa shape index (κ1) is 33.3. The average molecular weight is 675 g/mol. The number of aromatic nitrogens is 1. The van der Waals surface area contributed by atoms with Crippen molar-refractivity contribution in [2.45, 2.75) is 44.2 Å². The molecule has 258 valence electrons. The van der Waals surface area contributed by atoms with Crippen molar-refractivity contribution in [3.8, 4) is 11.5 Å². The van der Waals surface area contributed by atoms with Gasteiger partial charge in [-0.05, 0) is 83.9 Å². The molecule has 3 fully saturated rings. The van der Waals surface area contributed by atoms with E-state index in [0.29, 0.717) is 41.3 Å². The molecule has 0 aliphatic carbocycles. The summed E-state index contributed by atoms with van der Waals surface area (Å²) in [5.74, 6) is 0.991. The van der Waals surface area contributed by atoms with Crippen molar-refractivity contribution < 1.29 is 24.9 Å². The van der Waals surface area contributed by atoms with Crippen LogP contribution in [0.25, 0.3) is 10.9 Å². The third-order valence-corrected chi connectivity index (χ3v) is 10.1. The second kappa shape index (κ2) is 14.8. The molecule has 4 heterocycles. The molecule has 3 saturated heterocycles. The quantitative estimate of drug-likeness (QED) is 0.112. The Morgan fingerprint density at radius 1 is 0.920 bits per heavy atom. The molecule has 50 heavy (non-hydrogen) atoms. The summed E-state index contributed by atoms with van der Waals surface area (Å²) in [7, 11) is 0. The first-order valence-electron chi connectivity index (χ1n) is 17.2. The molecule has 3 aliphatic heterocycles. The number of aromatic amines is 1. The zero-order chi connectivity index (χ0) is 34.6. The number of phenolic OH excluding ortho intramolecular Hbond substituents is 1. The molecule has 1 amide bonds. The molecule has 3 atom stereocenters. The standard InChI is InChI=1S/C40H42N4O6/c45-35-15-13-32(33-14-16-37(47)42-38(33)35)36(46)23-41-22-26-9-11-27(12-10-26)25-50-31-8-4-7-30(21-31)39(29-5-2-1-3-6-29)44(40(48)49)34-24-43-19-17-28(34)18-20-43/h1-16,21,28,34,36,39,41,45-46H,17-20,22-25H2,(H,42,47)(H,48,49)/t34-,36-,39?/m0/s1. The molecule has 1 unspecified atom stereocenters. The number of aliphatic hydroxyl groups excluding tert-OH is 1. The molecule has 2 bridgehead atoms. The summed E-state index contributed by atoms with van der Waals surface area (Å²) in [6, 6.07) is 31.3. The van der Waals surface area contributed by atoms with Crippen LogP contribution in [0.2, 0.25) is 0 Å². The van der Waals surface area contributed by atoms with E-state index in [1.165, 1.54) is 12.1 Å². The van der Waals surface area contributed by atoms with Crippen molar-refractivity contribution in [2.75, 3.05) is 26.2 Å². The van der Waals surface area contributed by atoms with E-state index in [0.717, 1.165) is 54.7 Å². The molecule has 5 N–H and O–H groups in total. The summed E-state index contributed by atoms with van der Waals surface area (Å²) in [5.41, 5.74) is 4.44. The van der Waals surface area contributed by atoms with Gasteiger partial charge in [0, 0.05) is 31.1 Å². The van der Waals surface area contributed by atoms with Crippen LogP contribution in [-0.2, 0) is 13.2 Å². The number of carbonyl (C=O) groups is 1. The van der Waals surface area contributed by atoms with Crippen LogP contribution in [0.1, 0.15) is 52.8 Å². The smallest absolute Gasteiger partial charge is 0.408 e. The Kier molecular flexibility index (Phi) is 9.84. The predicted octanol–water partition coefficient (Wildman–Crippen LogP) is 5.80. The van der Waals surface area contributed by atoms with Crippen LogP contribution in [0.3, 0.4) is 0 Å². The van der Waals surface area contributed by atoms with E-state index in [1.54, 1.807) is 17.0 Å². The summed E-state index contributed by atoms with van der Waals surface area (Å²) in [5, 5.41) is 35.5. The number of fused-ring (bicyclic) bond motifs is 4. The number of piperidine rings is 3. The predicted molar refractivity (Wildman–Crippen MR) is 191 cm³/mol. The average Bonchev–Trinajstić information content (AvgIpc) is 3.14. The van der Waals surface area contributed by atoms with E-state index in [4.69, 9.17) is 4.74 Å². The molecule has 0 radical (unpaired) electrons. The second-order valence-electron chi connectivity index (χ2n) is 13.3. The third kappa shape index (κ3) is 7.23. The molecule has 8 rings (SSSR count). The van der Waals surface area contributed by atoms with Gasteiger partial charge in [-0.3, -0.25) is 9.69 Å². The van der Waals surface area contributed by atoms with E-state index in [2.05, 4.69) is 15.2 Å². The zero-order valence-corrected chi connectivity index (χ0v) is 27.7. The van der Waals surface area contributed by atoms with E-state index in [9.17, 15) is 24.9 Å². The molecule has 10 nitrogen and oxygen atoms in total. The first-order valence-corrected chi connectivity index (χ1v) is 17.2. The van der Waals surface area contributed by atoms with Crippen LogP contribution < -0.4 is 15.6 Å². The van der Waals surface area contributed by atoms with Gasteiger partial charge in [-0.1, -0.05) is 72.8 Å². The fourth-order valence-corrected chi connectivity index (χ4v) is 7.55. The van der Waals surface area contributed by atoms with Gasteiger partial charge in [-0.25, -0.2) is 4.79 Å². The van der Waals surface area contributed by atoms with Gasteiger partial charge in [0.25, 0.3) is 0 Å². The van der Waals surface area contributed by atoms with Gasteiger partial charge < -0.3 is 35.3 Å². The number of benzene rings is 4. The zero-order valence-electron chi connectivity index (χ0n) is 27.7. The molecule has 10 heteroatoms. The number of pyridine rings is 1. The number of rotatable bonds is 12. The van der Waals surface area contributed by atoms with E-state index >= 15 is 0 Å². The van der Waals surface area contributed by atoms with Crippen LogP contribution in [0.5, 0.6) is 11.5 Å². The molecule has 0 saturated carbocycles. The van der Waals surface area contributed by atoms with Gasteiger partial charge in [-0.15, -0.1) is 0 Å². The molecular formula is C40H42N4O6. The number of hydrogen-bond acceptors (Lipinski definition) is 7. The summed E-state index contributed by atoms with van der Waals surface area (Å²) in [6.45, 7) is 4.01. The maximum atomic E-state index is 13.0. The summed E-state index contributed by atoms with van der Waals surface area (Å²) < 4.78 is 6.24. The van der Waals surface area contributed by atoms with Crippen LogP contribution >= 0.6 is 0 Å². The van der Waals surface area contributed by atoms with Crippen LogP contribution in [0, 0.1) is 5.92 Å². The number of nitrogens with one attached hydrogen (secondary N) is 2. The summed E-state index contributed by atoms with van der Waals surface area (Å²) in [6.07, 6.45) is 0.306. The van der Waals surface area contributed by atoms with E-state index in [1.807, 2.05) is 78.9 Å². The number of hydrogen-bond donors (Lipinski definition) is 5. The second-order valence-corrected chi connectivity index (χ2v) is 13.3. The lowest BCUT2D eigenvalue weighted by molar-refractivity contribution is -0.000812. The van der Waals surface area contributed by atoms with Crippen LogP contribution in [-0.4, -0.2) is 68.4 Å². The highest BCUT2D eigenvalue weighted by atomic mass is 16.5. The molecule has 0 spiro atoms. The number of amides is 1. The number of carboxylic acid groups (broad SMARTS) is 1. The highest BCUT2D eigenvalue weighted by Gasteiger charge is 2.43. The van der Waals surface area contributed by atoms with Gasteiger partial charge in [0.05, 0.1) is 23.7 Å². The minimum Gasteiger partial charge on any atom is -0.506 e. The molecule has 4 aromatic carbocycles. The lowest BCUT2D eigenvalue weighted by Gasteiger charge is -2.50. The number of phenols is 1. The van der Waals surface area contributed by atoms with Gasteiger partial charge in [0.15, 0.2) is 0 Å². The summed E-state index contributed by atoms with van der Waals surface area (Å²) >= 11 is 0. The largest absolute Gasteiger partial charge is 0.506 e. The van der Waals surface area contributed by atoms with E-state index in [-0.39, 0.29) is 23.9 Å². The van der Waals surface area contributed by atoms with Gasteiger partial charge in [0.2, 0.25) is 5.56 Å². The van der Waals surface area contributed by atoms with Crippen LogP contribution in [0.4, 0.5) is 4.79 Å². The summed E-state index contributed by atoms with van der Waals surface area (Å²) in [4.78, 5) is 31.4. The van der Waals surface area contributed by atoms with Crippen LogP contribution in [0.15, 0.2) is 108 Å². The SMILES string of the molecule is O=C(O)N(C(c1ccccc1)c1cccc(OCc2ccc(CNC[C@H](O)c3ccc(O)c4[nH]c(=O)ccc34)cc2)c1)[C@H]1CN2CCC1CC2. The highest BCUT2D eigenvalue weighted by Crippen LogP contribution is 2.39. The Morgan fingerprint density at radius 3 is 2.38 bits per heavy atom. The number of nitrogens with zero attached hydrogens (tertiary/aromatic N) is 2. The fourth-order valence-electron chi connectivity index (χ4n) is 7.55. The van der Waals surface area contributed by atoms with Crippen molar-refractivity contribution in [3.63, 3.8) is 0 Å². The van der Waals surface area contributed by atoms with E-state index < -0.39 is 18.2 Å². The van der Waals surface area contributed by atoms with Gasteiger partial charge in [0.1, 0.15) is 18.1 Å². The Bertz CT molecular complexity index is 1990. The molecular weight excluding hydrogens is 632 g/mol. The maximum Gasteiger partial charge on any atom is 0.408 e. The van der Waals surface area contributed by atoms with Crippen molar-refractivity contribution in [2.24, 2.45) is 5.92 Å². The number of H-pyrrole nitrogens is 1. The lowest BCUT2D eigenvalue weighted by Crippen LogP contribution is -2.59. The van der Waals surface area contributed by atoms with Crippen molar-refractivity contribution in [3.05, 3.63) is 141 Å². The van der Waals surface area contributed by atoms with Crippen molar-refractivity contribution in [1.29, 1.82) is 0 Å². The molecule has 5 aromatic rings. The van der Waals surface area contributed by atoms with Gasteiger partial charge in [-0.2, -0.15) is 0 Å². The Hall–Kier alpha value is -5.16. The molecule has 1 aromatic heterocycles. The van der Waals surface area contributed by atoms with Crippen molar-refractivity contribution in [1.82, 2.24) is 20.1 Å². The first-order chi connectivity index (χ1) is 24.3. The Balaban J connectivity index is 0.994. The van der Waals surface area contributed by atoms with Crippen molar-refractivity contribution >= 4 is 17.0 Å². The highest BCUT2D eigenvalue weighted by molar-refractivity contribution is 5.87. The van der Waals surface area contributed by atoms with Gasteiger partial charge >= 0.3 is 6.09 Å². The third-order valence-electron chi connectivity index (χ3n) is 10.1.